The lowest BCUT2D eigenvalue weighted by Crippen LogP contribution is -2.30. The molecule has 0 bridgehead atoms. The summed E-state index contributed by atoms with van der Waals surface area (Å²) in [6.45, 7) is 1.81. The minimum atomic E-state index is -3.80. The maximum absolute atomic E-state index is 12.9. The predicted molar refractivity (Wildman–Crippen MR) is 101 cm³/mol. The molecule has 0 aliphatic heterocycles. The number of rotatable bonds is 5. The van der Waals surface area contributed by atoms with Crippen molar-refractivity contribution in [1.82, 2.24) is 19.1 Å². The Balaban J connectivity index is 1.89. The Morgan fingerprint density at radius 2 is 1.81 bits per heavy atom. The van der Waals surface area contributed by atoms with Crippen LogP contribution in [-0.4, -0.2) is 34.5 Å². The second-order valence-corrected chi connectivity index (χ2v) is 8.51. The quantitative estimate of drug-likeness (QED) is 0.638. The lowest BCUT2D eigenvalue weighted by Gasteiger charge is -2.25. The molecule has 6 nitrogen and oxygen atoms in total. The van der Waals surface area contributed by atoms with Crippen LogP contribution in [0.15, 0.2) is 60.0 Å². The van der Waals surface area contributed by atoms with Crippen LogP contribution in [0.1, 0.15) is 18.5 Å². The van der Waals surface area contributed by atoms with E-state index < -0.39 is 16.1 Å². The minimum absolute atomic E-state index is 0.0137. The first-order chi connectivity index (χ1) is 12.3. The number of aromatic nitrogens is 3. The molecule has 0 saturated carbocycles. The lowest BCUT2D eigenvalue weighted by molar-refractivity contribution is 0.398. The molecule has 1 unspecified atom stereocenters. The summed E-state index contributed by atoms with van der Waals surface area (Å²) in [4.78, 5) is 3.89. The fourth-order valence-electron chi connectivity index (χ4n) is 2.50. The van der Waals surface area contributed by atoms with Gasteiger partial charge in [0.15, 0.2) is 0 Å². The van der Waals surface area contributed by atoms with Crippen LogP contribution < -0.4 is 0 Å². The van der Waals surface area contributed by atoms with Gasteiger partial charge in [-0.25, -0.2) is 18.1 Å². The Bertz CT molecular complexity index is 1010. The molecule has 0 aliphatic rings. The second-order valence-electron chi connectivity index (χ2n) is 5.70. The van der Waals surface area contributed by atoms with E-state index >= 15 is 0 Å². The second kappa shape index (κ2) is 7.36. The van der Waals surface area contributed by atoms with Crippen LogP contribution in [0.5, 0.6) is 0 Å². The van der Waals surface area contributed by atoms with Crippen LogP contribution in [-0.2, 0) is 10.0 Å². The van der Waals surface area contributed by atoms with E-state index in [1.165, 1.54) is 29.8 Å². The molecule has 1 heterocycles. The van der Waals surface area contributed by atoms with Crippen LogP contribution in [0.3, 0.4) is 0 Å². The predicted octanol–water partition coefficient (Wildman–Crippen LogP) is 3.96. The topological polar surface area (TPSA) is 68.1 Å². The molecule has 3 rings (SSSR count). The van der Waals surface area contributed by atoms with E-state index in [2.05, 4.69) is 10.1 Å². The third kappa shape index (κ3) is 3.61. The van der Waals surface area contributed by atoms with Crippen LogP contribution in [0.25, 0.3) is 5.69 Å². The molecule has 0 N–H and O–H groups in total. The number of benzene rings is 2. The van der Waals surface area contributed by atoms with Gasteiger partial charge in [0.1, 0.15) is 17.6 Å². The van der Waals surface area contributed by atoms with Gasteiger partial charge in [-0.2, -0.15) is 9.40 Å². The molecule has 3 aromatic rings. The zero-order valence-electron chi connectivity index (χ0n) is 14.0. The summed E-state index contributed by atoms with van der Waals surface area (Å²) in [5, 5.41) is 4.51. The van der Waals surface area contributed by atoms with Gasteiger partial charge in [0.2, 0.25) is 10.0 Å². The average molecular weight is 411 g/mol. The summed E-state index contributed by atoms with van der Waals surface area (Å²) < 4.78 is 28.8. The molecule has 1 aromatic heterocycles. The van der Waals surface area contributed by atoms with Gasteiger partial charge in [-0.3, -0.25) is 0 Å². The van der Waals surface area contributed by atoms with E-state index in [9.17, 15) is 8.42 Å². The highest BCUT2D eigenvalue weighted by Gasteiger charge is 2.28. The SMILES string of the molecule is CC(c1ccc(-n2cncn2)cc1)N(C)S(=O)(=O)c1cc(Cl)ccc1Cl. The van der Waals surface area contributed by atoms with E-state index in [1.54, 1.807) is 24.0 Å². The first-order valence-corrected chi connectivity index (χ1v) is 9.88. The molecule has 0 fully saturated rings. The molecule has 136 valence electrons. The molecule has 0 aliphatic carbocycles. The molecule has 0 radical (unpaired) electrons. The van der Waals surface area contributed by atoms with Gasteiger partial charge in [0.25, 0.3) is 0 Å². The van der Waals surface area contributed by atoms with Crippen molar-refractivity contribution in [3.05, 3.63) is 70.7 Å². The summed E-state index contributed by atoms with van der Waals surface area (Å²) in [6, 6.07) is 11.4. The van der Waals surface area contributed by atoms with Crippen molar-refractivity contribution in [2.45, 2.75) is 17.9 Å². The molecule has 1 atom stereocenters. The zero-order chi connectivity index (χ0) is 18.9. The highest BCUT2D eigenvalue weighted by atomic mass is 35.5. The van der Waals surface area contributed by atoms with Crippen molar-refractivity contribution in [1.29, 1.82) is 0 Å². The maximum atomic E-state index is 12.9. The van der Waals surface area contributed by atoms with Gasteiger partial charge >= 0.3 is 0 Å². The normalized spacial score (nSPS) is 13.1. The Hall–Kier alpha value is -1.93. The minimum Gasteiger partial charge on any atom is -0.223 e. The van der Waals surface area contributed by atoms with Crippen molar-refractivity contribution in [3.63, 3.8) is 0 Å². The van der Waals surface area contributed by atoms with E-state index in [1.807, 2.05) is 24.3 Å². The fraction of sp³-hybridized carbons (Fsp3) is 0.176. The number of sulfonamides is 1. The standard InChI is InChI=1S/C17H16Cl2N4O2S/c1-12(13-3-6-15(7-4-13)23-11-20-10-21-23)22(2)26(24,25)17-9-14(18)5-8-16(17)19/h3-12H,1-2H3. The molecule has 0 spiro atoms. The third-order valence-electron chi connectivity index (χ3n) is 4.15. The zero-order valence-corrected chi connectivity index (χ0v) is 16.4. The largest absolute Gasteiger partial charge is 0.244 e. The number of hydrogen-bond donors (Lipinski definition) is 0. The smallest absolute Gasteiger partial charge is 0.223 e. The van der Waals surface area contributed by atoms with Crippen LogP contribution in [0.2, 0.25) is 10.0 Å². The van der Waals surface area contributed by atoms with Crippen molar-refractivity contribution in [3.8, 4) is 5.69 Å². The Labute approximate surface area is 162 Å². The van der Waals surface area contributed by atoms with Crippen molar-refractivity contribution in [2.75, 3.05) is 7.05 Å². The summed E-state index contributed by atoms with van der Waals surface area (Å²) in [5.41, 5.74) is 1.67. The molecular formula is C17H16Cl2N4O2S. The van der Waals surface area contributed by atoms with E-state index in [0.717, 1.165) is 11.3 Å². The van der Waals surface area contributed by atoms with Crippen molar-refractivity contribution >= 4 is 33.2 Å². The summed E-state index contributed by atoms with van der Waals surface area (Å²) in [6.07, 6.45) is 3.04. The lowest BCUT2D eigenvalue weighted by atomic mass is 10.1. The highest BCUT2D eigenvalue weighted by Crippen LogP contribution is 2.31. The summed E-state index contributed by atoms with van der Waals surface area (Å²) in [5.74, 6) is 0. The van der Waals surface area contributed by atoms with E-state index in [4.69, 9.17) is 23.2 Å². The number of halogens is 2. The van der Waals surface area contributed by atoms with Crippen LogP contribution in [0, 0.1) is 0 Å². The first-order valence-electron chi connectivity index (χ1n) is 7.69. The van der Waals surface area contributed by atoms with Gasteiger partial charge < -0.3 is 0 Å². The van der Waals surface area contributed by atoms with Crippen LogP contribution in [0.4, 0.5) is 0 Å². The molecule has 0 amide bonds. The number of hydrogen-bond acceptors (Lipinski definition) is 4. The molecule has 0 saturated heterocycles. The number of nitrogens with zero attached hydrogens (tertiary/aromatic N) is 4. The van der Waals surface area contributed by atoms with Gasteiger partial charge in [-0.1, -0.05) is 35.3 Å². The molecular weight excluding hydrogens is 395 g/mol. The van der Waals surface area contributed by atoms with Gasteiger partial charge in [0.05, 0.1) is 10.7 Å². The summed E-state index contributed by atoms with van der Waals surface area (Å²) in [7, 11) is -2.29. The molecule has 26 heavy (non-hydrogen) atoms. The van der Waals surface area contributed by atoms with Crippen molar-refractivity contribution in [2.24, 2.45) is 0 Å². The van der Waals surface area contributed by atoms with Crippen LogP contribution >= 0.6 is 23.2 Å². The maximum Gasteiger partial charge on any atom is 0.244 e. The Morgan fingerprint density at radius 1 is 1.12 bits per heavy atom. The third-order valence-corrected chi connectivity index (χ3v) is 6.80. The van der Waals surface area contributed by atoms with Crippen molar-refractivity contribution < 1.29 is 8.42 Å². The van der Waals surface area contributed by atoms with Gasteiger partial charge in [0, 0.05) is 18.1 Å². The van der Waals surface area contributed by atoms with E-state index in [0.29, 0.717) is 5.02 Å². The Morgan fingerprint density at radius 3 is 2.42 bits per heavy atom. The molecule has 9 heteroatoms. The van der Waals surface area contributed by atoms with Gasteiger partial charge in [-0.15, -0.1) is 0 Å². The monoisotopic (exact) mass is 410 g/mol. The summed E-state index contributed by atoms with van der Waals surface area (Å²) >= 11 is 12.0. The Kier molecular flexibility index (Phi) is 5.34. The first kappa shape index (κ1) is 18.8. The average Bonchev–Trinajstić information content (AvgIpc) is 3.17. The fourth-order valence-corrected chi connectivity index (χ4v) is 4.58. The van der Waals surface area contributed by atoms with Gasteiger partial charge in [-0.05, 0) is 42.8 Å². The molecule has 2 aromatic carbocycles. The van der Waals surface area contributed by atoms with E-state index in [-0.39, 0.29) is 9.92 Å². The highest BCUT2D eigenvalue weighted by molar-refractivity contribution is 7.89.